The van der Waals surface area contributed by atoms with Crippen molar-refractivity contribution in [3.05, 3.63) is 59.7 Å². The molecule has 1 amide bonds. The van der Waals surface area contributed by atoms with Gasteiger partial charge in [0.15, 0.2) is 4.90 Å². The Hall–Kier alpha value is -2.48. The summed E-state index contributed by atoms with van der Waals surface area (Å²) >= 11 is 0. The summed E-state index contributed by atoms with van der Waals surface area (Å²) in [5.41, 5.74) is 0.826. The second-order valence-corrected chi connectivity index (χ2v) is 6.94. The third kappa shape index (κ3) is 4.08. The Morgan fingerprint density at radius 2 is 1.58 bits per heavy atom. The molecule has 0 fully saturated rings. The summed E-state index contributed by atoms with van der Waals surface area (Å²) in [6.45, 7) is 0. The van der Waals surface area contributed by atoms with Crippen molar-refractivity contribution in [2.45, 2.75) is 11.3 Å². The zero-order chi connectivity index (χ0) is 17.9. The molecule has 0 saturated carbocycles. The van der Waals surface area contributed by atoms with Crippen molar-refractivity contribution in [2.24, 2.45) is 0 Å². The van der Waals surface area contributed by atoms with Gasteiger partial charge in [0, 0.05) is 19.8 Å². The second kappa shape index (κ2) is 6.96. The lowest BCUT2D eigenvalue weighted by Gasteiger charge is -2.12. The molecule has 8 heteroatoms. The SMILES string of the molecule is CN(C)C(=O)Cc1ccc(NS(=O)(=O)c2c(F)cccc2F)cc1. The molecule has 0 aliphatic carbocycles. The number of hydrogen-bond acceptors (Lipinski definition) is 3. The van der Waals surface area contributed by atoms with Gasteiger partial charge in [-0.15, -0.1) is 0 Å². The molecule has 0 radical (unpaired) electrons. The van der Waals surface area contributed by atoms with Crippen molar-refractivity contribution in [1.82, 2.24) is 4.90 Å². The van der Waals surface area contributed by atoms with Gasteiger partial charge in [0.25, 0.3) is 10.0 Å². The lowest BCUT2D eigenvalue weighted by molar-refractivity contribution is -0.127. The number of carbonyl (C=O) groups excluding carboxylic acids is 1. The minimum absolute atomic E-state index is 0.100. The summed E-state index contributed by atoms with van der Waals surface area (Å²) in [6, 6.07) is 8.80. The van der Waals surface area contributed by atoms with E-state index in [2.05, 4.69) is 4.72 Å². The fourth-order valence-electron chi connectivity index (χ4n) is 1.97. The highest BCUT2D eigenvalue weighted by Gasteiger charge is 2.23. The Morgan fingerprint density at radius 1 is 1.04 bits per heavy atom. The molecule has 0 saturated heterocycles. The first kappa shape index (κ1) is 17.9. The zero-order valence-corrected chi connectivity index (χ0v) is 13.9. The number of likely N-dealkylation sites (N-methyl/N-ethyl adjacent to an activating group) is 1. The number of nitrogens with one attached hydrogen (secondary N) is 1. The highest BCUT2D eigenvalue weighted by molar-refractivity contribution is 7.92. The van der Waals surface area contributed by atoms with Crippen LogP contribution < -0.4 is 4.72 Å². The fraction of sp³-hybridized carbons (Fsp3) is 0.188. The Kier molecular flexibility index (Phi) is 5.18. The van der Waals surface area contributed by atoms with Crippen molar-refractivity contribution in [2.75, 3.05) is 18.8 Å². The van der Waals surface area contributed by atoms with Crippen LogP contribution in [0.4, 0.5) is 14.5 Å². The van der Waals surface area contributed by atoms with E-state index >= 15 is 0 Å². The van der Waals surface area contributed by atoms with Gasteiger partial charge < -0.3 is 4.90 Å². The van der Waals surface area contributed by atoms with E-state index in [4.69, 9.17) is 0 Å². The van der Waals surface area contributed by atoms with Crippen LogP contribution in [0.25, 0.3) is 0 Å². The van der Waals surface area contributed by atoms with Crippen LogP contribution in [0.3, 0.4) is 0 Å². The molecule has 2 aromatic carbocycles. The van der Waals surface area contributed by atoms with Crippen LogP contribution in [0.1, 0.15) is 5.56 Å². The predicted octanol–water partition coefficient (Wildman–Crippen LogP) is 2.40. The van der Waals surface area contributed by atoms with Crippen LogP contribution in [0, 0.1) is 11.6 Å². The quantitative estimate of drug-likeness (QED) is 0.897. The average molecular weight is 354 g/mol. The molecule has 0 spiro atoms. The maximum atomic E-state index is 13.6. The molecule has 0 aliphatic rings. The molecule has 0 atom stereocenters. The average Bonchev–Trinajstić information content (AvgIpc) is 2.48. The lowest BCUT2D eigenvalue weighted by Crippen LogP contribution is -2.23. The van der Waals surface area contributed by atoms with Crippen molar-refractivity contribution in [3.63, 3.8) is 0 Å². The largest absolute Gasteiger partial charge is 0.349 e. The molecule has 2 rings (SSSR count). The number of anilines is 1. The van der Waals surface area contributed by atoms with Gasteiger partial charge in [0.1, 0.15) is 11.6 Å². The van der Waals surface area contributed by atoms with Gasteiger partial charge in [-0.2, -0.15) is 0 Å². The third-order valence-corrected chi connectivity index (χ3v) is 4.68. The van der Waals surface area contributed by atoms with Crippen molar-refractivity contribution >= 4 is 21.6 Å². The highest BCUT2D eigenvalue weighted by Crippen LogP contribution is 2.22. The van der Waals surface area contributed by atoms with E-state index in [1.165, 1.54) is 17.0 Å². The molecule has 5 nitrogen and oxygen atoms in total. The van der Waals surface area contributed by atoms with Crippen molar-refractivity contribution < 1.29 is 22.0 Å². The topological polar surface area (TPSA) is 66.5 Å². The van der Waals surface area contributed by atoms with Gasteiger partial charge >= 0.3 is 0 Å². The summed E-state index contributed by atoms with van der Waals surface area (Å²) in [4.78, 5) is 12.0. The summed E-state index contributed by atoms with van der Waals surface area (Å²) in [5, 5.41) is 0. The van der Waals surface area contributed by atoms with Crippen LogP contribution in [0.15, 0.2) is 47.4 Å². The Balaban J connectivity index is 2.20. The van der Waals surface area contributed by atoms with Gasteiger partial charge in [-0.05, 0) is 29.8 Å². The van der Waals surface area contributed by atoms with Gasteiger partial charge in [-0.3, -0.25) is 9.52 Å². The molecule has 0 unspecified atom stereocenters. The molecule has 0 aliphatic heterocycles. The molecule has 128 valence electrons. The maximum Gasteiger partial charge on any atom is 0.267 e. The van der Waals surface area contributed by atoms with Crippen LogP contribution >= 0.6 is 0 Å². The standard InChI is InChI=1S/C16H16F2N2O3S/c1-20(2)15(21)10-11-6-8-12(9-7-11)19-24(22,23)16-13(17)4-3-5-14(16)18/h3-9,19H,10H2,1-2H3. The van der Waals surface area contributed by atoms with E-state index in [1.807, 2.05) is 0 Å². The summed E-state index contributed by atoms with van der Waals surface area (Å²) in [7, 11) is -1.13. The van der Waals surface area contributed by atoms with E-state index in [0.717, 1.165) is 18.2 Å². The number of sulfonamides is 1. The molecule has 24 heavy (non-hydrogen) atoms. The summed E-state index contributed by atoms with van der Waals surface area (Å²) in [6.07, 6.45) is 0.169. The van der Waals surface area contributed by atoms with Gasteiger partial charge in [0.05, 0.1) is 6.42 Å². The first-order valence-electron chi connectivity index (χ1n) is 6.96. The predicted molar refractivity (Wildman–Crippen MR) is 86.0 cm³/mol. The number of hydrogen-bond donors (Lipinski definition) is 1. The lowest BCUT2D eigenvalue weighted by atomic mass is 10.1. The number of nitrogens with zero attached hydrogens (tertiary/aromatic N) is 1. The van der Waals surface area contributed by atoms with E-state index in [1.54, 1.807) is 26.2 Å². The molecule has 0 heterocycles. The number of halogens is 2. The normalized spacial score (nSPS) is 11.2. The molecular weight excluding hydrogens is 338 g/mol. The Bertz CT molecular complexity index is 830. The first-order valence-corrected chi connectivity index (χ1v) is 8.45. The second-order valence-electron chi connectivity index (χ2n) is 5.32. The fourth-order valence-corrected chi connectivity index (χ4v) is 3.17. The summed E-state index contributed by atoms with van der Waals surface area (Å²) < 4.78 is 53.7. The molecule has 0 aromatic heterocycles. The molecular formula is C16H16F2N2O3S. The third-order valence-electron chi connectivity index (χ3n) is 3.25. The van der Waals surface area contributed by atoms with E-state index in [0.29, 0.717) is 5.56 Å². The van der Waals surface area contributed by atoms with Gasteiger partial charge in [0.2, 0.25) is 5.91 Å². The molecule has 0 bridgehead atoms. The molecule has 2 aromatic rings. The van der Waals surface area contributed by atoms with E-state index < -0.39 is 26.6 Å². The number of carbonyl (C=O) groups is 1. The minimum Gasteiger partial charge on any atom is -0.349 e. The zero-order valence-electron chi connectivity index (χ0n) is 13.1. The van der Waals surface area contributed by atoms with Crippen LogP contribution in [-0.4, -0.2) is 33.3 Å². The smallest absolute Gasteiger partial charge is 0.267 e. The first-order chi connectivity index (χ1) is 11.2. The Morgan fingerprint density at radius 3 is 2.08 bits per heavy atom. The van der Waals surface area contributed by atoms with Crippen LogP contribution in [0.5, 0.6) is 0 Å². The monoisotopic (exact) mass is 354 g/mol. The number of benzene rings is 2. The van der Waals surface area contributed by atoms with Crippen LogP contribution in [0.2, 0.25) is 0 Å². The van der Waals surface area contributed by atoms with Gasteiger partial charge in [-0.25, -0.2) is 17.2 Å². The molecule has 1 N–H and O–H groups in total. The minimum atomic E-state index is -4.40. The van der Waals surface area contributed by atoms with E-state index in [-0.39, 0.29) is 18.0 Å². The number of rotatable bonds is 5. The van der Waals surface area contributed by atoms with Gasteiger partial charge in [-0.1, -0.05) is 18.2 Å². The maximum absolute atomic E-state index is 13.6. The van der Waals surface area contributed by atoms with E-state index in [9.17, 15) is 22.0 Å². The highest BCUT2D eigenvalue weighted by atomic mass is 32.2. The Labute approximate surface area is 139 Å². The summed E-state index contributed by atoms with van der Waals surface area (Å²) in [5.74, 6) is -2.44. The van der Waals surface area contributed by atoms with Crippen LogP contribution in [-0.2, 0) is 21.2 Å². The van der Waals surface area contributed by atoms with Crippen molar-refractivity contribution in [1.29, 1.82) is 0 Å². The van der Waals surface area contributed by atoms with Crippen molar-refractivity contribution in [3.8, 4) is 0 Å². The number of amides is 1.